The Morgan fingerprint density at radius 3 is 2.00 bits per heavy atom. The maximum Gasteiger partial charge on any atom is 0.338 e. The standard InChI is InChI=1S/C17H18O4/c1-19-15-10-13(17(18)21-3)11-16(20-2)14(15)9-12-7-5-4-6-8-12/h4-8,10-11H,9H2,1-3H3. The van der Waals surface area contributed by atoms with E-state index in [0.29, 0.717) is 23.5 Å². The molecule has 0 aliphatic heterocycles. The first-order chi connectivity index (χ1) is 10.2. The molecule has 110 valence electrons. The summed E-state index contributed by atoms with van der Waals surface area (Å²) in [5.41, 5.74) is 2.45. The van der Waals surface area contributed by atoms with Crippen LogP contribution in [0.2, 0.25) is 0 Å². The second-order valence-corrected chi connectivity index (χ2v) is 4.51. The fourth-order valence-corrected chi connectivity index (χ4v) is 2.19. The van der Waals surface area contributed by atoms with Gasteiger partial charge in [0.1, 0.15) is 11.5 Å². The fraction of sp³-hybridized carbons (Fsp3) is 0.235. The van der Waals surface area contributed by atoms with Crippen molar-refractivity contribution in [2.45, 2.75) is 6.42 Å². The summed E-state index contributed by atoms with van der Waals surface area (Å²) in [6.07, 6.45) is 0.661. The van der Waals surface area contributed by atoms with Crippen molar-refractivity contribution in [1.29, 1.82) is 0 Å². The van der Waals surface area contributed by atoms with E-state index < -0.39 is 5.97 Å². The summed E-state index contributed by atoms with van der Waals surface area (Å²) in [6.45, 7) is 0. The van der Waals surface area contributed by atoms with Crippen LogP contribution in [-0.2, 0) is 11.2 Å². The predicted molar refractivity (Wildman–Crippen MR) is 80.1 cm³/mol. The first-order valence-electron chi connectivity index (χ1n) is 6.56. The number of methoxy groups -OCH3 is 3. The second-order valence-electron chi connectivity index (χ2n) is 4.51. The summed E-state index contributed by atoms with van der Waals surface area (Å²) < 4.78 is 15.6. The number of rotatable bonds is 5. The quantitative estimate of drug-likeness (QED) is 0.792. The van der Waals surface area contributed by atoms with Crippen LogP contribution in [0.1, 0.15) is 21.5 Å². The van der Waals surface area contributed by atoms with Crippen molar-refractivity contribution in [3.63, 3.8) is 0 Å². The van der Waals surface area contributed by atoms with Crippen molar-refractivity contribution in [3.05, 3.63) is 59.2 Å². The van der Waals surface area contributed by atoms with Crippen LogP contribution >= 0.6 is 0 Å². The van der Waals surface area contributed by atoms with Crippen LogP contribution in [0.15, 0.2) is 42.5 Å². The van der Waals surface area contributed by atoms with Gasteiger partial charge in [-0.15, -0.1) is 0 Å². The number of ether oxygens (including phenoxy) is 3. The predicted octanol–water partition coefficient (Wildman–Crippen LogP) is 3.08. The van der Waals surface area contributed by atoms with Gasteiger partial charge < -0.3 is 14.2 Å². The fourth-order valence-electron chi connectivity index (χ4n) is 2.19. The van der Waals surface area contributed by atoms with Gasteiger partial charge in [0.15, 0.2) is 0 Å². The number of hydrogen-bond acceptors (Lipinski definition) is 4. The van der Waals surface area contributed by atoms with Gasteiger partial charge in [-0.2, -0.15) is 0 Å². The third-order valence-electron chi connectivity index (χ3n) is 3.25. The van der Waals surface area contributed by atoms with Crippen molar-refractivity contribution >= 4 is 5.97 Å². The van der Waals surface area contributed by atoms with Crippen molar-refractivity contribution < 1.29 is 19.0 Å². The number of esters is 1. The molecule has 21 heavy (non-hydrogen) atoms. The Hall–Kier alpha value is -2.49. The lowest BCUT2D eigenvalue weighted by molar-refractivity contribution is 0.0600. The van der Waals surface area contributed by atoms with Crippen molar-refractivity contribution in [2.75, 3.05) is 21.3 Å². The van der Waals surface area contributed by atoms with E-state index in [1.54, 1.807) is 26.4 Å². The highest BCUT2D eigenvalue weighted by atomic mass is 16.5. The van der Waals surface area contributed by atoms with Crippen molar-refractivity contribution in [2.24, 2.45) is 0 Å². The summed E-state index contributed by atoms with van der Waals surface area (Å²) in [7, 11) is 4.49. The minimum atomic E-state index is -0.419. The molecule has 0 aliphatic carbocycles. The van der Waals surface area contributed by atoms with E-state index in [2.05, 4.69) is 0 Å². The lowest BCUT2D eigenvalue weighted by atomic mass is 10.0. The van der Waals surface area contributed by atoms with E-state index in [1.165, 1.54) is 7.11 Å². The van der Waals surface area contributed by atoms with E-state index in [9.17, 15) is 4.79 Å². The van der Waals surface area contributed by atoms with Crippen LogP contribution in [0.25, 0.3) is 0 Å². The number of benzene rings is 2. The number of carbonyl (C=O) groups excluding carboxylic acids is 1. The van der Waals surface area contributed by atoms with E-state index in [-0.39, 0.29) is 0 Å². The van der Waals surface area contributed by atoms with Crippen LogP contribution < -0.4 is 9.47 Å². The zero-order valence-electron chi connectivity index (χ0n) is 12.4. The summed E-state index contributed by atoms with van der Waals surface area (Å²) in [5, 5.41) is 0. The summed E-state index contributed by atoms with van der Waals surface area (Å²) in [5.74, 6) is 0.801. The third kappa shape index (κ3) is 3.34. The summed E-state index contributed by atoms with van der Waals surface area (Å²) in [6, 6.07) is 13.4. The number of hydrogen-bond donors (Lipinski definition) is 0. The molecule has 4 heteroatoms. The maximum atomic E-state index is 11.7. The highest BCUT2D eigenvalue weighted by molar-refractivity contribution is 5.90. The van der Waals surface area contributed by atoms with Gasteiger partial charge in [-0.05, 0) is 17.7 Å². The Balaban J connectivity index is 2.46. The topological polar surface area (TPSA) is 44.8 Å². The van der Waals surface area contributed by atoms with Crippen molar-refractivity contribution in [3.8, 4) is 11.5 Å². The zero-order chi connectivity index (χ0) is 15.2. The van der Waals surface area contributed by atoms with Crippen LogP contribution in [0.4, 0.5) is 0 Å². The Labute approximate surface area is 124 Å². The molecule has 2 aromatic carbocycles. The molecule has 0 spiro atoms. The van der Waals surface area contributed by atoms with Crippen LogP contribution in [0, 0.1) is 0 Å². The SMILES string of the molecule is COC(=O)c1cc(OC)c(Cc2ccccc2)c(OC)c1. The molecule has 0 atom stereocenters. The zero-order valence-corrected chi connectivity index (χ0v) is 12.4. The molecule has 0 fully saturated rings. The second kappa shape index (κ2) is 6.79. The normalized spacial score (nSPS) is 10.0. The van der Waals surface area contributed by atoms with E-state index in [0.717, 1.165) is 11.1 Å². The first kappa shape index (κ1) is 14.9. The first-order valence-corrected chi connectivity index (χ1v) is 6.56. The molecule has 4 nitrogen and oxygen atoms in total. The third-order valence-corrected chi connectivity index (χ3v) is 3.25. The van der Waals surface area contributed by atoms with Gasteiger partial charge in [0.05, 0.1) is 26.9 Å². The molecule has 0 N–H and O–H groups in total. The molecule has 0 radical (unpaired) electrons. The average Bonchev–Trinajstić information content (AvgIpc) is 2.55. The molecule has 0 unspecified atom stereocenters. The molecular formula is C17H18O4. The monoisotopic (exact) mass is 286 g/mol. The van der Waals surface area contributed by atoms with Gasteiger partial charge in [0, 0.05) is 12.0 Å². The molecule has 0 heterocycles. The van der Waals surface area contributed by atoms with Crippen LogP contribution in [0.3, 0.4) is 0 Å². The van der Waals surface area contributed by atoms with Gasteiger partial charge in [-0.3, -0.25) is 0 Å². The summed E-state index contributed by atoms with van der Waals surface area (Å²) >= 11 is 0. The van der Waals surface area contributed by atoms with Gasteiger partial charge >= 0.3 is 5.97 Å². The lowest BCUT2D eigenvalue weighted by Gasteiger charge is -2.15. The van der Waals surface area contributed by atoms with Gasteiger partial charge in [-0.25, -0.2) is 4.79 Å². The largest absolute Gasteiger partial charge is 0.496 e. The maximum absolute atomic E-state index is 11.7. The Morgan fingerprint density at radius 1 is 0.952 bits per heavy atom. The smallest absolute Gasteiger partial charge is 0.338 e. The average molecular weight is 286 g/mol. The molecule has 0 aromatic heterocycles. The molecule has 0 bridgehead atoms. The molecular weight excluding hydrogens is 268 g/mol. The van der Waals surface area contributed by atoms with E-state index in [4.69, 9.17) is 14.2 Å². The van der Waals surface area contributed by atoms with Gasteiger partial charge in [0.25, 0.3) is 0 Å². The molecule has 0 amide bonds. The Bertz CT molecular complexity index is 595. The Morgan fingerprint density at radius 2 is 1.52 bits per heavy atom. The highest BCUT2D eigenvalue weighted by Gasteiger charge is 2.16. The van der Waals surface area contributed by atoms with Gasteiger partial charge in [-0.1, -0.05) is 30.3 Å². The minimum absolute atomic E-state index is 0.406. The van der Waals surface area contributed by atoms with E-state index in [1.807, 2.05) is 30.3 Å². The molecule has 0 aliphatic rings. The van der Waals surface area contributed by atoms with Crippen molar-refractivity contribution in [1.82, 2.24) is 0 Å². The summed E-state index contributed by atoms with van der Waals surface area (Å²) in [4.78, 5) is 11.7. The molecule has 0 saturated carbocycles. The van der Waals surface area contributed by atoms with Crippen LogP contribution in [-0.4, -0.2) is 27.3 Å². The molecule has 0 saturated heterocycles. The highest BCUT2D eigenvalue weighted by Crippen LogP contribution is 2.32. The van der Waals surface area contributed by atoms with Crippen LogP contribution in [0.5, 0.6) is 11.5 Å². The lowest BCUT2D eigenvalue weighted by Crippen LogP contribution is -2.05. The number of carbonyl (C=O) groups is 1. The Kier molecular flexibility index (Phi) is 4.82. The minimum Gasteiger partial charge on any atom is -0.496 e. The molecule has 2 aromatic rings. The molecule has 2 rings (SSSR count). The van der Waals surface area contributed by atoms with Gasteiger partial charge in [0.2, 0.25) is 0 Å². The van der Waals surface area contributed by atoms with E-state index >= 15 is 0 Å².